The van der Waals surface area contributed by atoms with Gasteiger partial charge in [-0.2, -0.15) is 8.78 Å². The molecule has 0 unspecified atom stereocenters. The van der Waals surface area contributed by atoms with Crippen molar-refractivity contribution in [1.82, 2.24) is 20.0 Å². The fraction of sp³-hybridized carbons (Fsp3) is 0.480. The monoisotopic (exact) mass is 616 g/mol. The van der Waals surface area contributed by atoms with Gasteiger partial charge in [-0.3, -0.25) is 24.0 Å². The summed E-state index contributed by atoms with van der Waals surface area (Å²) < 4.78 is 61.5. The Balaban J connectivity index is 1.55. The molecule has 41 heavy (non-hydrogen) atoms. The fourth-order valence-corrected chi connectivity index (χ4v) is 9.76. The molecule has 3 aliphatic rings. The molecule has 4 heterocycles. The Labute approximate surface area is 238 Å². The van der Waals surface area contributed by atoms with Crippen molar-refractivity contribution in [2.45, 2.75) is 62.2 Å². The molecule has 5 rings (SSSR count). The summed E-state index contributed by atoms with van der Waals surface area (Å²) in [4.78, 5) is 37.4. The second-order valence-electron chi connectivity index (χ2n) is 11.2. The van der Waals surface area contributed by atoms with Crippen LogP contribution in [-0.2, 0) is 15.7 Å². The predicted molar refractivity (Wildman–Crippen MR) is 146 cm³/mol. The van der Waals surface area contributed by atoms with Crippen LogP contribution in [-0.4, -0.2) is 60.3 Å². The molecule has 0 aromatic carbocycles. The van der Waals surface area contributed by atoms with Crippen LogP contribution in [0.1, 0.15) is 56.2 Å². The molecular weight excluding hydrogens is 589 g/mol. The zero-order valence-corrected chi connectivity index (χ0v) is 23.8. The first kappa shape index (κ1) is 29.2. The minimum Gasteiger partial charge on any atom is -0.465 e. The topological polar surface area (TPSA) is 155 Å². The van der Waals surface area contributed by atoms with Gasteiger partial charge in [0.2, 0.25) is 0 Å². The predicted octanol–water partition coefficient (Wildman–Crippen LogP) is 3.87. The van der Waals surface area contributed by atoms with Gasteiger partial charge in [-0.15, -0.1) is 0 Å². The first-order valence-electron chi connectivity index (χ1n) is 12.6. The number of nitrogens with zero attached hydrogens (tertiary/aromatic N) is 3. The van der Waals surface area contributed by atoms with Crippen LogP contribution in [0, 0.1) is 11.2 Å². The number of rotatable bonds is 5. The van der Waals surface area contributed by atoms with Crippen LogP contribution in [0.4, 0.5) is 23.8 Å². The summed E-state index contributed by atoms with van der Waals surface area (Å²) in [5.74, 6) is -2.22. The Hall–Kier alpha value is -3.30. The van der Waals surface area contributed by atoms with Crippen molar-refractivity contribution in [2.24, 2.45) is 10.4 Å². The molecule has 2 aromatic rings. The highest BCUT2D eigenvalue weighted by Gasteiger charge is 2.64. The van der Waals surface area contributed by atoms with Gasteiger partial charge in [-0.25, -0.2) is 19.2 Å². The van der Waals surface area contributed by atoms with Crippen LogP contribution >= 0.6 is 11.6 Å². The lowest BCUT2D eigenvalue weighted by Gasteiger charge is -2.57. The van der Waals surface area contributed by atoms with Crippen molar-refractivity contribution in [3.05, 3.63) is 46.6 Å². The lowest BCUT2D eigenvalue weighted by molar-refractivity contribution is -0.0500. The number of amidine groups is 1. The Morgan fingerprint density at radius 3 is 2.56 bits per heavy atom. The molecule has 1 spiro atoms. The van der Waals surface area contributed by atoms with Gasteiger partial charge in [-0.05, 0) is 67.7 Å². The quantitative estimate of drug-likeness (QED) is 0.320. The molecular formula is C25H28ClF3N6O5S. The smallest absolute Gasteiger partial charge is 0.410 e. The summed E-state index contributed by atoms with van der Waals surface area (Å²) in [7, 11) is -3.49. The van der Waals surface area contributed by atoms with E-state index in [0.29, 0.717) is 13.0 Å². The van der Waals surface area contributed by atoms with E-state index in [-0.39, 0.29) is 39.2 Å². The summed E-state index contributed by atoms with van der Waals surface area (Å²) >= 11 is 6.04. The summed E-state index contributed by atoms with van der Waals surface area (Å²) in [5, 5.41) is 13.2. The van der Waals surface area contributed by atoms with Gasteiger partial charge in [0.1, 0.15) is 40.1 Å². The zero-order valence-electron chi connectivity index (χ0n) is 22.2. The molecule has 11 nitrogen and oxygen atoms in total. The van der Waals surface area contributed by atoms with Crippen molar-refractivity contribution in [1.29, 1.82) is 0 Å². The van der Waals surface area contributed by atoms with Crippen molar-refractivity contribution in [2.75, 3.05) is 11.9 Å². The number of fused-ring (bicyclic) bond motifs is 1. The molecule has 2 aromatic heterocycles. The van der Waals surface area contributed by atoms with Crippen LogP contribution in [0.3, 0.4) is 0 Å². The van der Waals surface area contributed by atoms with E-state index in [1.54, 1.807) is 20.8 Å². The second kappa shape index (κ2) is 9.91. The number of hydrogen-bond acceptors (Lipinski definition) is 7. The summed E-state index contributed by atoms with van der Waals surface area (Å²) in [6.07, 6.45) is 1.75. The molecule has 2 aliphatic heterocycles. The molecule has 1 saturated carbocycles. The van der Waals surface area contributed by atoms with E-state index < -0.39 is 50.1 Å². The lowest BCUT2D eigenvalue weighted by atomic mass is 9.84. The molecule has 2 fully saturated rings. The van der Waals surface area contributed by atoms with Gasteiger partial charge in [0.15, 0.2) is 0 Å². The van der Waals surface area contributed by atoms with E-state index in [0.717, 1.165) is 31.2 Å². The van der Waals surface area contributed by atoms with Gasteiger partial charge < -0.3 is 15.2 Å². The zero-order chi connectivity index (χ0) is 30.0. The van der Waals surface area contributed by atoms with E-state index in [2.05, 4.69) is 35.1 Å². The third-order valence-corrected chi connectivity index (χ3v) is 12.5. The van der Waals surface area contributed by atoms with Gasteiger partial charge in [0.05, 0.1) is 21.2 Å². The molecule has 222 valence electrons. The number of hydrogen-bond donors (Lipinski definition) is 5. The molecule has 1 aliphatic carbocycles. The number of alkyl halides is 2. The van der Waals surface area contributed by atoms with Crippen molar-refractivity contribution < 1.29 is 36.8 Å². The number of carboxylic acid groups (broad SMARTS) is 1. The first-order valence-corrected chi connectivity index (χ1v) is 14.8. The van der Waals surface area contributed by atoms with Crippen LogP contribution in [0.25, 0.3) is 0 Å². The minimum absolute atomic E-state index is 0.0935. The van der Waals surface area contributed by atoms with Gasteiger partial charge >= 0.3 is 12.7 Å². The number of anilines is 1. The molecule has 16 heteroatoms. The number of carbonyl (C=O) groups excluding carboxylic acids is 1. The van der Waals surface area contributed by atoms with Crippen LogP contribution in [0.15, 0.2) is 29.4 Å². The number of ether oxygens (including phenoxy) is 1. The van der Waals surface area contributed by atoms with E-state index in [1.807, 2.05) is 0 Å². The third kappa shape index (κ3) is 5.03. The molecule has 2 amide bonds. The maximum Gasteiger partial charge on any atom is 0.410 e. The number of nitrogens with one attached hydrogen (secondary N) is 3. The molecule has 0 bridgehead atoms. The maximum atomic E-state index is 15.5. The van der Waals surface area contributed by atoms with Crippen molar-refractivity contribution in [3.8, 4) is 5.75 Å². The molecule has 4 N–H and O–H groups in total. The minimum atomic E-state index is -3.49. The van der Waals surface area contributed by atoms with Crippen molar-refractivity contribution >= 4 is 45.4 Å². The van der Waals surface area contributed by atoms with Gasteiger partial charge in [0, 0.05) is 12.6 Å². The highest BCUT2D eigenvalue weighted by atomic mass is 35.5. The largest absolute Gasteiger partial charge is 0.465 e. The number of carbonyl (C=O) groups is 2. The Morgan fingerprint density at radius 2 is 1.95 bits per heavy atom. The summed E-state index contributed by atoms with van der Waals surface area (Å²) in [6, 6.07) is 3.25. The Bertz CT molecular complexity index is 1520. The number of thiol groups is 1. The standard InChI is InChI=1S/C25H28ClF3N6O5S/c1-23(2)20(34-22(37)38)35-24(3,15-9-25(6-7-25)11-31-41(15,23)39)18-14(27)4-5-16(32-18)33-19(36)17-13(26)8-12(10-30-17)40-21(28)29/h4-5,8,10,15,21,41H,6-7,9,11H2,1-3H3,(H,31,39)(H,34,35)(H,37,38)(H,32,33,36)/t15-,24+/m1/s1. The van der Waals surface area contributed by atoms with E-state index >= 15 is 4.39 Å². The SMILES string of the molecule is CC1(C)C(NC(=O)O)=N[C@](C)(c2nc(NC(=O)c3ncc(OC(F)F)cc3Cl)ccc2F)[C@H]2CC3(CC3)CN[SH]21=O. The maximum absolute atomic E-state index is 15.5. The van der Waals surface area contributed by atoms with Crippen molar-refractivity contribution in [3.63, 3.8) is 0 Å². The van der Waals surface area contributed by atoms with Crippen LogP contribution in [0.5, 0.6) is 5.75 Å². The number of aliphatic imine (C=N–C) groups is 1. The average molecular weight is 617 g/mol. The van der Waals surface area contributed by atoms with Gasteiger partial charge in [-0.1, -0.05) is 11.6 Å². The highest BCUT2D eigenvalue weighted by Crippen LogP contribution is 2.59. The lowest BCUT2D eigenvalue weighted by Crippen LogP contribution is -2.71. The number of halogens is 4. The van der Waals surface area contributed by atoms with Crippen LogP contribution in [0.2, 0.25) is 5.02 Å². The van der Waals surface area contributed by atoms with E-state index in [1.165, 1.54) is 6.07 Å². The number of pyridine rings is 2. The van der Waals surface area contributed by atoms with E-state index in [4.69, 9.17) is 11.6 Å². The fourth-order valence-electron chi connectivity index (χ4n) is 5.59. The third-order valence-electron chi connectivity index (χ3n) is 8.16. The second-order valence-corrected chi connectivity index (χ2v) is 15.0. The van der Waals surface area contributed by atoms with Gasteiger partial charge in [0.25, 0.3) is 5.91 Å². The summed E-state index contributed by atoms with van der Waals surface area (Å²) in [5.41, 5.74) is -2.26. The average Bonchev–Trinajstić information content (AvgIpc) is 3.64. The Morgan fingerprint density at radius 1 is 1.24 bits per heavy atom. The number of amides is 2. The Kier molecular flexibility index (Phi) is 7.06. The van der Waals surface area contributed by atoms with Crippen LogP contribution < -0.4 is 20.1 Å². The highest BCUT2D eigenvalue weighted by molar-refractivity contribution is 8.04. The normalized spacial score (nSPS) is 26.0. The van der Waals surface area contributed by atoms with E-state index in [9.17, 15) is 27.7 Å². The summed E-state index contributed by atoms with van der Waals surface area (Å²) in [6.45, 7) is 2.22. The first-order chi connectivity index (χ1) is 19.1. The number of aromatic nitrogens is 2. The molecule has 1 saturated heterocycles. The molecule has 0 radical (unpaired) electrons. The molecule has 2 atom stereocenters.